The minimum absolute atomic E-state index is 0.235. The van der Waals surface area contributed by atoms with Gasteiger partial charge in [-0.3, -0.25) is 9.69 Å². The van der Waals surface area contributed by atoms with Gasteiger partial charge in [0.15, 0.2) is 5.78 Å². The molecule has 0 bridgehead atoms. The Hall–Kier alpha value is -0.480. The van der Waals surface area contributed by atoms with E-state index < -0.39 is 6.17 Å². The fourth-order valence-corrected chi connectivity index (χ4v) is 10.4. The first-order chi connectivity index (χ1) is 19.9. The summed E-state index contributed by atoms with van der Waals surface area (Å²) in [6, 6.07) is 0. The topological polar surface area (TPSA) is 29.5 Å². The average molecular weight is 574 g/mol. The van der Waals surface area contributed by atoms with E-state index in [1.165, 1.54) is 96.3 Å². The lowest BCUT2D eigenvalue weighted by atomic mass is 9.62. The van der Waals surface area contributed by atoms with Crippen LogP contribution < -0.4 is 0 Å². The van der Waals surface area contributed by atoms with Gasteiger partial charge in [-0.05, 0) is 139 Å². The lowest BCUT2D eigenvalue weighted by Gasteiger charge is -2.45. The molecule has 0 N–H and O–H groups in total. The van der Waals surface area contributed by atoms with Crippen molar-refractivity contribution in [1.29, 1.82) is 0 Å². The third-order valence-electron chi connectivity index (χ3n) is 13.3. The summed E-state index contributed by atoms with van der Waals surface area (Å²) in [5, 5.41) is 0. The molecular formula is C37H64FNO2. The van der Waals surface area contributed by atoms with Crippen LogP contribution in [-0.4, -0.2) is 48.7 Å². The highest BCUT2D eigenvalue weighted by molar-refractivity contribution is 5.89. The first kappa shape index (κ1) is 31.9. The number of ketones is 1. The summed E-state index contributed by atoms with van der Waals surface area (Å²) >= 11 is 0. The Morgan fingerprint density at radius 1 is 0.732 bits per heavy atom. The van der Waals surface area contributed by atoms with Crippen LogP contribution in [0.25, 0.3) is 0 Å². The lowest BCUT2D eigenvalue weighted by Crippen LogP contribution is -2.56. The largest absolute Gasteiger partial charge is 0.379 e. The highest BCUT2D eigenvalue weighted by Gasteiger charge is 2.43. The van der Waals surface area contributed by atoms with E-state index in [0.717, 1.165) is 75.7 Å². The number of rotatable bonds is 10. The zero-order chi connectivity index (χ0) is 28.8. The molecule has 0 radical (unpaired) electrons. The van der Waals surface area contributed by atoms with Crippen molar-refractivity contribution in [3.63, 3.8) is 0 Å². The van der Waals surface area contributed by atoms with Crippen LogP contribution in [0.3, 0.4) is 0 Å². The number of carbonyl (C=O) groups is 1. The van der Waals surface area contributed by atoms with Crippen molar-refractivity contribution in [1.82, 2.24) is 4.90 Å². The zero-order valence-electron chi connectivity index (χ0n) is 27.1. The molecule has 3 nitrogen and oxygen atoms in total. The molecule has 4 aliphatic carbocycles. The van der Waals surface area contributed by atoms with E-state index in [0.29, 0.717) is 23.5 Å². The first-order valence-corrected chi connectivity index (χ1v) is 18.4. The van der Waals surface area contributed by atoms with Crippen LogP contribution in [0.4, 0.5) is 4.39 Å². The molecule has 3 atom stereocenters. The van der Waals surface area contributed by atoms with Crippen molar-refractivity contribution in [2.75, 3.05) is 26.3 Å². The van der Waals surface area contributed by atoms with Gasteiger partial charge in [-0.1, -0.05) is 45.4 Å². The number of morpholine rings is 1. The summed E-state index contributed by atoms with van der Waals surface area (Å²) in [5.41, 5.74) is -0.366. The summed E-state index contributed by atoms with van der Waals surface area (Å²) in [6.45, 7) is 9.82. The van der Waals surface area contributed by atoms with E-state index in [1.807, 2.05) is 0 Å². The maximum Gasteiger partial charge on any atom is 0.155 e. The molecule has 5 aliphatic rings. The second kappa shape index (κ2) is 15.0. The van der Waals surface area contributed by atoms with E-state index >= 15 is 4.39 Å². The summed E-state index contributed by atoms with van der Waals surface area (Å²) in [5.74, 6) is 5.72. The summed E-state index contributed by atoms with van der Waals surface area (Å²) in [4.78, 5) is 15.9. The van der Waals surface area contributed by atoms with Gasteiger partial charge in [-0.25, -0.2) is 4.39 Å². The molecule has 236 valence electrons. The van der Waals surface area contributed by atoms with Crippen LogP contribution in [0.1, 0.15) is 143 Å². The lowest BCUT2D eigenvalue weighted by molar-refractivity contribution is -0.137. The third-order valence-corrected chi connectivity index (χ3v) is 13.3. The number of alkyl halides is 1. The molecule has 4 heteroatoms. The van der Waals surface area contributed by atoms with Gasteiger partial charge in [0.25, 0.3) is 0 Å². The van der Waals surface area contributed by atoms with Crippen molar-refractivity contribution in [2.45, 2.75) is 154 Å². The van der Waals surface area contributed by atoms with Crippen LogP contribution in [0.15, 0.2) is 0 Å². The fourth-order valence-electron chi connectivity index (χ4n) is 10.4. The zero-order valence-corrected chi connectivity index (χ0v) is 27.1. The van der Waals surface area contributed by atoms with Crippen LogP contribution >= 0.6 is 0 Å². The number of nitrogens with zero attached hydrogens (tertiary/aromatic N) is 1. The number of Topliss-reactive ketones (excluding diaryl/α,β-unsaturated/α-hetero) is 1. The SMILES string of the molecule is CCCCCC1CCC(C2CCC(C3CCC(C4CCC(C(=O)C(C)(C)N5CCOCC5)CC4)CC3)C(F)C2)CC1. The van der Waals surface area contributed by atoms with Gasteiger partial charge in [-0.15, -0.1) is 0 Å². The highest BCUT2D eigenvalue weighted by Crippen LogP contribution is 2.49. The average Bonchev–Trinajstić information content (AvgIpc) is 3.02. The Morgan fingerprint density at radius 3 is 1.88 bits per heavy atom. The van der Waals surface area contributed by atoms with Gasteiger partial charge in [0.05, 0.1) is 18.8 Å². The second-order valence-electron chi connectivity index (χ2n) is 15.8. The molecule has 5 rings (SSSR count). The molecule has 0 aromatic rings. The number of hydrogen-bond acceptors (Lipinski definition) is 3. The molecule has 0 aromatic carbocycles. The molecule has 1 heterocycles. The highest BCUT2D eigenvalue weighted by atomic mass is 19.1. The molecule has 3 unspecified atom stereocenters. The molecular weight excluding hydrogens is 509 g/mol. The first-order valence-electron chi connectivity index (χ1n) is 18.4. The van der Waals surface area contributed by atoms with Crippen molar-refractivity contribution < 1.29 is 13.9 Å². The smallest absolute Gasteiger partial charge is 0.155 e. The number of carbonyl (C=O) groups excluding carboxylic acids is 1. The Bertz CT molecular complexity index is 785. The van der Waals surface area contributed by atoms with Gasteiger partial charge in [0.1, 0.15) is 6.17 Å². The molecule has 1 saturated heterocycles. The van der Waals surface area contributed by atoms with E-state index in [9.17, 15) is 4.79 Å². The summed E-state index contributed by atoms with van der Waals surface area (Å²) in [7, 11) is 0. The van der Waals surface area contributed by atoms with Crippen molar-refractivity contribution in [2.24, 2.45) is 47.3 Å². The van der Waals surface area contributed by atoms with Gasteiger partial charge in [0, 0.05) is 19.0 Å². The van der Waals surface area contributed by atoms with Crippen molar-refractivity contribution >= 4 is 5.78 Å². The summed E-state index contributed by atoms with van der Waals surface area (Å²) in [6.07, 6.45) is 23.7. The molecule has 5 fully saturated rings. The van der Waals surface area contributed by atoms with E-state index in [1.54, 1.807) is 0 Å². The Kier molecular flexibility index (Phi) is 11.7. The molecule has 0 amide bonds. The van der Waals surface area contributed by atoms with Gasteiger partial charge >= 0.3 is 0 Å². The molecule has 41 heavy (non-hydrogen) atoms. The quantitative estimate of drug-likeness (QED) is 0.244. The summed E-state index contributed by atoms with van der Waals surface area (Å²) < 4.78 is 21.2. The van der Waals surface area contributed by atoms with Crippen LogP contribution in [0, 0.1) is 47.3 Å². The fraction of sp³-hybridized carbons (Fsp3) is 0.973. The monoisotopic (exact) mass is 573 g/mol. The Morgan fingerprint density at radius 2 is 1.27 bits per heavy atom. The van der Waals surface area contributed by atoms with Crippen molar-refractivity contribution in [3.05, 3.63) is 0 Å². The van der Waals surface area contributed by atoms with Gasteiger partial charge in [-0.2, -0.15) is 0 Å². The minimum atomic E-state index is -0.547. The maximum atomic E-state index is 15.7. The molecule has 4 saturated carbocycles. The van der Waals surface area contributed by atoms with E-state index in [4.69, 9.17) is 4.74 Å². The standard InChI is InChI=1S/C37H64FNO2/c1-4-5-6-7-27-8-10-30(11-9-27)33-20-21-34(35(38)26-33)31-16-12-28(13-17-31)29-14-18-32(19-15-29)36(40)37(2,3)39-22-24-41-25-23-39/h27-35H,4-26H2,1-3H3. The van der Waals surface area contributed by atoms with E-state index in [2.05, 4.69) is 25.7 Å². The Labute approximate surface area is 252 Å². The number of unbranched alkanes of at least 4 members (excludes halogenated alkanes) is 2. The third kappa shape index (κ3) is 7.98. The normalized spacial score (nSPS) is 39.9. The molecule has 0 spiro atoms. The molecule has 1 aliphatic heterocycles. The van der Waals surface area contributed by atoms with Gasteiger partial charge < -0.3 is 4.74 Å². The predicted molar refractivity (Wildman–Crippen MR) is 168 cm³/mol. The van der Waals surface area contributed by atoms with Crippen molar-refractivity contribution in [3.8, 4) is 0 Å². The van der Waals surface area contributed by atoms with E-state index in [-0.39, 0.29) is 11.5 Å². The van der Waals surface area contributed by atoms with Crippen LogP contribution in [0.5, 0.6) is 0 Å². The maximum absolute atomic E-state index is 15.7. The predicted octanol–water partition coefficient (Wildman–Crippen LogP) is 9.42. The molecule has 0 aromatic heterocycles. The number of ether oxygens (including phenoxy) is 1. The van der Waals surface area contributed by atoms with Gasteiger partial charge in [0.2, 0.25) is 0 Å². The second-order valence-corrected chi connectivity index (χ2v) is 15.8. The number of halogens is 1. The van der Waals surface area contributed by atoms with Crippen LogP contribution in [-0.2, 0) is 9.53 Å². The number of hydrogen-bond donors (Lipinski definition) is 0. The minimum Gasteiger partial charge on any atom is -0.379 e. The van der Waals surface area contributed by atoms with Crippen LogP contribution in [0.2, 0.25) is 0 Å². The Balaban J connectivity index is 1.00.